The first-order valence-corrected chi connectivity index (χ1v) is 9.95. The monoisotopic (exact) mass is 430 g/mol. The number of carbonyl (C=O) groups is 4. The molecule has 1 aromatic carbocycles. The molecule has 0 N–H and O–H groups in total. The fourth-order valence-corrected chi connectivity index (χ4v) is 3.47. The lowest BCUT2D eigenvalue weighted by Gasteiger charge is -2.29. The Kier molecular flexibility index (Phi) is 6.17. The number of ether oxygens (including phenoxy) is 2. The van der Waals surface area contributed by atoms with Crippen molar-refractivity contribution in [3.05, 3.63) is 48.0 Å². The number of likely N-dealkylation sites (tertiary alicyclic amines) is 1. The molecule has 9 heteroatoms. The zero-order valence-electron chi connectivity index (χ0n) is 17.9. The molecule has 3 rings (SSSR count). The molecule has 0 aromatic heterocycles. The fourth-order valence-electron chi connectivity index (χ4n) is 3.47. The van der Waals surface area contributed by atoms with E-state index >= 15 is 0 Å². The van der Waals surface area contributed by atoms with E-state index in [1.165, 1.54) is 23.1 Å². The summed E-state index contributed by atoms with van der Waals surface area (Å²) in [6, 6.07) is 6.23. The fraction of sp³-hybridized carbons (Fsp3) is 0.455. The molecule has 1 aromatic rings. The van der Waals surface area contributed by atoms with Crippen molar-refractivity contribution < 1.29 is 33.5 Å². The molecule has 9 nitrogen and oxygen atoms in total. The first-order chi connectivity index (χ1) is 14.6. The third-order valence-electron chi connectivity index (χ3n) is 4.98. The van der Waals surface area contributed by atoms with Gasteiger partial charge in [-0.3, -0.25) is 9.59 Å². The van der Waals surface area contributed by atoms with Crippen molar-refractivity contribution in [2.45, 2.75) is 32.8 Å². The second-order valence-electron chi connectivity index (χ2n) is 8.57. The van der Waals surface area contributed by atoms with Crippen LogP contribution in [0.5, 0.6) is 0 Å². The molecule has 2 heterocycles. The van der Waals surface area contributed by atoms with Crippen LogP contribution >= 0.6 is 0 Å². The minimum atomic E-state index is -1.25. The molecule has 1 saturated heterocycles. The first-order valence-electron chi connectivity index (χ1n) is 9.95. The van der Waals surface area contributed by atoms with E-state index < -0.39 is 34.9 Å². The molecule has 2 aliphatic rings. The van der Waals surface area contributed by atoms with Crippen LogP contribution in [0.4, 0.5) is 4.79 Å². The Labute approximate surface area is 180 Å². The van der Waals surface area contributed by atoms with Crippen LogP contribution in [-0.4, -0.2) is 65.7 Å². The van der Waals surface area contributed by atoms with Crippen LogP contribution in [0.25, 0.3) is 0 Å². The van der Waals surface area contributed by atoms with Gasteiger partial charge in [-0.1, -0.05) is 23.3 Å². The summed E-state index contributed by atoms with van der Waals surface area (Å²) in [5, 5.41) is 0.471. The zero-order valence-corrected chi connectivity index (χ0v) is 17.9. The topological polar surface area (TPSA) is 102 Å². The Bertz CT molecular complexity index is 886. The number of imide groups is 1. The van der Waals surface area contributed by atoms with Gasteiger partial charge in [0, 0.05) is 13.1 Å². The number of carbonyl (C=O) groups excluding carboxylic acids is 4. The highest BCUT2D eigenvalue weighted by molar-refractivity contribution is 6.20. The van der Waals surface area contributed by atoms with Gasteiger partial charge in [0.2, 0.25) is 0 Å². The maximum absolute atomic E-state index is 13.2. The largest absolute Gasteiger partial charge is 0.444 e. The molecule has 0 aliphatic carbocycles. The Morgan fingerprint density at radius 1 is 1.16 bits per heavy atom. The molecular weight excluding hydrogens is 404 g/mol. The Morgan fingerprint density at radius 3 is 2.32 bits per heavy atom. The van der Waals surface area contributed by atoms with E-state index in [1.807, 2.05) is 0 Å². The molecule has 2 aliphatic heterocycles. The number of amides is 3. The minimum absolute atomic E-state index is 0.0267. The predicted molar refractivity (Wildman–Crippen MR) is 109 cm³/mol. The summed E-state index contributed by atoms with van der Waals surface area (Å²) in [4.78, 5) is 57.4. The number of benzene rings is 1. The quantitative estimate of drug-likeness (QED) is 0.388. The molecule has 1 fully saturated rings. The van der Waals surface area contributed by atoms with Gasteiger partial charge in [0.15, 0.2) is 0 Å². The summed E-state index contributed by atoms with van der Waals surface area (Å²) in [6.07, 6.45) is 1.20. The molecule has 3 amide bonds. The maximum atomic E-state index is 13.2. The summed E-state index contributed by atoms with van der Waals surface area (Å²) in [6.45, 7) is 9.16. The SMILES string of the molecule is C=CCOCC1(C(=O)ON2C(=O)c3ccccc3C2=O)CCN(C(=O)OC(C)(C)C)C1. The average molecular weight is 430 g/mol. The lowest BCUT2D eigenvalue weighted by Crippen LogP contribution is -2.46. The molecule has 31 heavy (non-hydrogen) atoms. The highest BCUT2D eigenvalue weighted by Crippen LogP contribution is 2.35. The average Bonchev–Trinajstić information content (AvgIpc) is 3.24. The van der Waals surface area contributed by atoms with Crippen LogP contribution in [0.15, 0.2) is 36.9 Å². The van der Waals surface area contributed by atoms with Crippen molar-refractivity contribution in [2.24, 2.45) is 5.41 Å². The molecule has 0 saturated carbocycles. The van der Waals surface area contributed by atoms with Crippen molar-refractivity contribution in [1.29, 1.82) is 0 Å². The van der Waals surface area contributed by atoms with Crippen LogP contribution in [0, 0.1) is 5.41 Å². The summed E-state index contributed by atoms with van der Waals surface area (Å²) >= 11 is 0. The van der Waals surface area contributed by atoms with Gasteiger partial charge < -0.3 is 19.2 Å². The van der Waals surface area contributed by atoms with E-state index in [1.54, 1.807) is 32.9 Å². The Morgan fingerprint density at radius 2 is 1.77 bits per heavy atom. The lowest BCUT2D eigenvalue weighted by atomic mass is 9.88. The van der Waals surface area contributed by atoms with E-state index in [4.69, 9.17) is 14.3 Å². The standard InChI is InChI=1S/C22H26N2O7/c1-5-12-29-14-22(10-11-23(13-22)20(28)30-21(2,3)4)19(27)31-24-17(25)15-8-6-7-9-16(15)18(24)26/h5-9H,1,10-14H2,2-4H3. The number of fused-ring (bicyclic) bond motifs is 1. The number of rotatable bonds is 6. The van der Waals surface area contributed by atoms with Gasteiger partial charge in [-0.25, -0.2) is 9.59 Å². The maximum Gasteiger partial charge on any atom is 0.410 e. The van der Waals surface area contributed by atoms with Crippen LogP contribution in [0.3, 0.4) is 0 Å². The van der Waals surface area contributed by atoms with Gasteiger partial charge in [-0.05, 0) is 39.3 Å². The normalized spacial score (nSPS) is 20.6. The predicted octanol–water partition coefficient (Wildman–Crippen LogP) is 2.57. The molecule has 0 bridgehead atoms. The highest BCUT2D eigenvalue weighted by atomic mass is 16.7. The van der Waals surface area contributed by atoms with Crippen LogP contribution in [-0.2, 0) is 19.1 Å². The molecule has 0 radical (unpaired) electrons. The third-order valence-corrected chi connectivity index (χ3v) is 4.98. The molecule has 1 unspecified atom stereocenters. The van der Waals surface area contributed by atoms with Crippen molar-refractivity contribution >= 4 is 23.9 Å². The van der Waals surface area contributed by atoms with Crippen LogP contribution in [0.2, 0.25) is 0 Å². The summed E-state index contributed by atoms with van der Waals surface area (Å²) in [5.41, 5.74) is -1.62. The molecule has 0 spiro atoms. The lowest BCUT2D eigenvalue weighted by molar-refractivity contribution is -0.183. The van der Waals surface area contributed by atoms with Gasteiger partial charge in [0.1, 0.15) is 11.0 Å². The van der Waals surface area contributed by atoms with Crippen LogP contribution < -0.4 is 0 Å². The summed E-state index contributed by atoms with van der Waals surface area (Å²) < 4.78 is 10.9. The number of hydroxylamine groups is 2. The van der Waals surface area contributed by atoms with Crippen molar-refractivity contribution in [3.8, 4) is 0 Å². The van der Waals surface area contributed by atoms with Crippen LogP contribution in [0.1, 0.15) is 47.9 Å². The zero-order chi connectivity index (χ0) is 22.8. The van der Waals surface area contributed by atoms with Crippen molar-refractivity contribution in [3.63, 3.8) is 0 Å². The first kappa shape index (κ1) is 22.5. The number of hydrogen-bond donors (Lipinski definition) is 0. The van der Waals surface area contributed by atoms with Gasteiger partial charge in [0.05, 0.1) is 24.3 Å². The molecular formula is C22H26N2O7. The van der Waals surface area contributed by atoms with E-state index in [2.05, 4.69) is 6.58 Å². The van der Waals surface area contributed by atoms with E-state index in [0.717, 1.165) is 0 Å². The third kappa shape index (κ3) is 4.61. The minimum Gasteiger partial charge on any atom is -0.444 e. The van der Waals surface area contributed by atoms with Gasteiger partial charge >= 0.3 is 12.1 Å². The van der Waals surface area contributed by atoms with Gasteiger partial charge in [-0.2, -0.15) is 0 Å². The van der Waals surface area contributed by atoms with E-state index in [-0.39, 0.29) is 43.9 Å². The Hall–Kier alpha value is -3.20. The Balaban J connectivity index is 1.77. The second kappa shape index (κ2) is 8.50. The van der Waals surface area contributed by atoms with E-state index in [0.29, 0.717) is 5.06 Å². The summed E-state index contributed by atoms with van der Waals surface area (Å²) in [7, 11) is 0. The van der Waals surface area contributed by atoms with Crippen molar-refractivity contribution in [2.75, 3.05) is 26.3 Å². The summed E-state index contributed by atoms with van der Waals surface area (Å²) in [5.74, 6) is -2.24. The van der Waals surface area contributed by atoms with Gasteiger partial charge in [0.25, 0.3) is 11.8 Å². The number of hydrogen-bond acceptors (Lipinski definition) is 7. The molecule has 1 atom stereocenters. The number of nitrogens with zero attached hydrogens (tertiary/aromatic N) is 2. The highest BCUT2D eigenvalue weighted by Gasteiger charge is 2.51. The van der Waals surface area contributed by atoms with Gasteiger partial charge in [-0.15, -0.1) is 6.58 Å². The van der Waals surface area contributed by atoms with Crippen molar-refractivity contribution in [1.82, 2.24) is 9.96 Å². The smallest absolute Gasteiger partial charge is 0.410 e. The van der Waals surface area contributed by atoms with E-state index in [9.17, 15) is 19.2 Å². The second-order valence-corrected chi connectivity index (χ2v) is 8.57. The molecule has 166 valence electrons.